The lowest BCUT2D eigenvalue weighted by molar-refractivity contribution is -0.126. The van der Waals surface area contributed by atoms with Crippen LogP contribution in [0.1, 0.15) is 19.4 Å². The van der Waals surface area contributed by atoms with Crippen molar-refractivity contribution in [3.63, 3.8) is 0 Å². The maximum atomic E-state index is 13.1. The Hall–Kier alpha value is -4.07. The first-order valence-corrected chi connectivity index (χ1v) is 10.7. The summed E-state index contributed by atoms with van der Waals surface area (Å²) in [6.45, 7) is 3.65. The van der Waals surface area contributed by atoms with Crippen LogP contribution in [-0.4, -0.2) is 49.9 Å². The number of nitrogens with zero attached hydrogens (tertiary/aromatic N) is 5. The summed E-state index contributed by atoms with van der Waals surface area (Å²) in [6.07, 6.45) is 1.72. The van der Waals surface area contributed by atoms with Crippen molar-refractivity contribution < 1.29 is 14.3 Å². The molecule has 4 aromatic rings. The number of aromatic nitrogens is 5. The number of carbonyl (C=O) groups is 1. The standard InChI is InChI=1S/C23H20ClN7O3/c1-13(2)33-12-18(22(32)28-19-9-14(10-25)7-8-26-19)34-23-16-11-27-31-21(16)29-20(30-23)15-5-3-4-6-17(15)24/h3-9,11,13,18H,12H2,1-2H3,(H,26,28,32)(H,27,29,30,31). The number of H-pyrrole nitrogens is 1. The number of fused-ring (bicyclic) bond motifs is 1. The van der Waals surface area contributed by atoms with Crippen molar-refractivity contribution in [3.8, 4) is 23.3 Å². The van der Waals surface area contributed by atoms with Crippen LogP contribution < -0.4 is 10.1 Å². The fourth-order valence-electron chi connectivity index (χ4n) is 3.01. The molecule has 0 aliphatic carbocycles. The van der Waals surface area contributed by atoms with E-state index in [2.05, 4.69) is 30.5 Å². The number of nitriles is 1. The normalized spacial score (nSPS) is 11.9. The molecule has 0 spiro atoms. The van der Waals surface area contributed by atoms with Gasteiger partial charge in [0.25, 0.3) is 5.91 Å². The lowest BCUT2D eigenvalue weighted by Crippen LogP contribution is -2.38. The second kappa shape index (κ2) is 10.2. The number of aromatic amines is 1. The summed E-state index contributed by atoms with van der Waals surface area (Å²) in [6, 6.07) is 12.1. The van der Waals surface area contributed by atoms with Crippen LogP contribution in [0.4, 0.5) is 5.82 Å². The highest BCUT2D eigenvalue weighted by molar-refractivity contribution is 6.33. The Morgan fingerprint density at radius 3 is 2.85 bits per heavy atom. The van der Waals surface area contributed by atoms with Gasteiger partial charge in [0, 0.05) is 11.8 Å². The third-order valence-electron chi connectivity index (χ3n) is 4.66. The van der Waals surface area contributed by atoms with Crippen LogP contribution in [0.3, 0.4) is 0 Å². The number of rotatable bonds is 8. The minimum absolute atomic E-state index is 0.0494. The predicted octanol–water partition coefficient (Wildman–Crippen LogP) is 3.75. The molecular formula is C23H20ClN7O3. The number of hydrogen-bond acceptors (Lipinski definition) is 8. The first kappa shape index (κ1) is 23.1. The van der Waals surface area contributed by atoms with Gasteiger partial charge in [-0.25, -0.2) is 9.97 Å². The summed E-state index contributed by atoms with van der Waals surface area (Å²) < 4.78 is 11.7. The summed E-state index contributed by atoms with van der Waals surface area (Å²) >= 11 is 6.33. The number of nitrogens with one attached hydrogen (secondary N) is 2. The molecule has 172 valence electrons. The first-order valence-electron chi connectivity index (χ1n) is 10.4. The van der Waals surface area contributed by atoms with Gasteiger partial charge in [-0.15, -0.1) is 0 Å². The van der Waals surface area contributed by atoms with Crippen molar-refractivity contribution in [2.24, 2.45) is 0 Å². The minimum Gasteiger partial charge on any atom is -0.461 e. The zero-order valence-electron chi connectivity index (χ0n) is 18.3. The lowest BCUT2D eigenvalue weighted by Gasteiger charge is -2.20. The van der Waals surface area contributed by atoms with Crippen LogP contribution >= 0.6 is 11.6 Å². The number of carbonyl (C=O) groups excluding carboxylic acids is 1. The third kappa shape index (κ3) is 5.28. The van der Waals surface area contributed by atoms with E-state index in [9.17, 15) is 4.79 Å². The Labute approximate surface area is 199 Å². The van der Waals surface area contributed by atoms with Gasteiger partial charge in [-0.2, -0.15) is 15.3 Å². The average Bonchev–Trinajstić information content (AvgIpc) is 3.31. The quantitative estimate of drug-likeness (QED) is 0.391. The van der Waals surface area contributed by atoms with Gasteiger partial charge >= 0.3 is 0 Å². The van der Waals surface area contributed by atoms with Gasteiger partial charge in [0.05, 0.1) is 35.6 Å². The van der Waals surface area contributed by atoms with E-state index in [1.165, 1.54) is 24.5 Å². The smallest absolute Gasteiger partial charge is 0.269 e. The minimum atomic E-state index is -1.08. The van der Waals surface area contributed by atoms with Crippen LogP contribution in [-0.2, 0) is 9.53 Å². The number of halogens is 1. The Balaban J connectivity index is 1.67. The molecule has 3 aromatic heterocycles. The molecule has 0 radical (unpaired) electrons. The Morgan fingerprint density at radius 1 is 1.26 bits per heavy atom. The second-order valence-corrected chi connectivity index (χ2v) is 7.89. The molecule has 1 aromatic carbocycles. The molecule has 1 atom stereocenters. The molecule has 1 unspecified atom stereocenters. The van der Waals surface area contributed by atoms with Gasteiger partial charge in [0.15, 0.2) is 11.5 Å². The highest BCUT2D eigenvalue weighted by Gasteiger charge is 2.25. The van der Waals surface area contributed by atoms with Crippen LogP contribution in [0.25, 0.3) is 22.4 Å². The molecule has 3 heterocycles. The van der Waals surface area contributed by atoms with Crippen molar-refractivity contribution in [1.29, 1.82) is 5.26 Å². The maximum absolute atomic E-state index is 13.1. The van der Waals surface area contributed by atoms with Gasteiger partial charge < -0.3 is 14.8 Å². The van der Waals surface area contributed by atoms with Gasteiger partial charge in [-0.05, 0) is 38.1 Å². The number of hydrogen-bond donors (Lipinski definition) is 2. The molecule has 4 rings (SSSR count). The Morgan fingerprint density at radius 2 is 2.09 bits per heavy atom. The van der Waals surface area contributed by atoms with Crippen LogP contribution in [0.2, 0.25) is 5.02 Å². The topological polar surface area (TPSA) is 139 Å². The molecule has 0 fully saturated rings. The molecule has 0 bridgehead atoms. The second-order valence-electron chi connectivity index (χ2n) is 7.48. The summed E-state index contributed by atoms with van der Waals surface area (Å²) in [5.41, 5.74) is 1.39. The molecule has 10 nitrogen and oxygen atoms in total. The zero-order chi connectivity index (χ0) is 24.1. The van der Waals surface area contributed by atoms with Crippen molar-refractivity contribution in [3.05, 3.63) is 59.4 Å². The van der Waals surface area contributed by atoms with E-state index >= 15 is 0 Å². The predicted molar refractivity (Wildman–Crippen MR) is 125 cm³/mol. The number of anilines is 1. The molecule has 11 heteroatoms. The summed E-state index contributed by atoms with van der Waals surface area (Å²) in [4.78, 5) is 26.2. The van der Waals surface area contributed by atoms with Gasteiger partial charge in [0.1, 0.15) is 11.2 Å². The molecule has 0 saturated heterocycles. The van der Waals surface area contributed by atoms with Crippen LogP contribution in [0.15, 0.2) is 48.8 Å². The molecule has 1 amide bonds. The molecule has 34 heavy (non-hydrogen) atoms. The fourth-order valence-corrected chi connectivity index (χ4v) is 3.23. The van der Waals surface area contributed by atoms with E-state index in [0.29, 0.717) is 33.0 Å². The van der Waals surface area contributed by atoms with E-state index in [1.54, 1.807) is 18.2 Å². The molecule has 0 aliphatic heterocycles. The fraction of sp³-hybridized carbons (Fsp3) is 0.217. The monoisotopic (exact) mass is 477 g/mol. The summed E-state index contributed by atoms with van der Waals surface area (Å²) in [5, 5.41) is 19.5. The van der Waals surface area contributed by atoms with Crippen molar-refractivity contribution >= 4 is 34.4 Å². The molecule has 0 saturated carbocycles. The molecule has 2 N–H and O–H groups in total. The van der Waals surface area contributed by atoms with E-state index in [-0.39, 0.29) is 24.4 Å². The number of benzene rings is 1. The van der Waals surface area contributed by atoms with Gasteiger partial charge in [-0.3, -0.25) is 9.89 Å². The zero-order valence-corrected chi connectivity index (χ0v) is 19.1. The number of pyridine rings is 1. The maximum Gasteiger partial charge on any atom is 0.269 e. The van der Waals surface area contributed by atoms with Crippen molar-refractivity contribution in [2.45, 2.75) is 26.1 Å². The SMILES string of the molecule is CC(C)OCC(Oc1nc(-c2ccccc2Cl)nc2[nH]ncc12)C(=O)Nc1cc(C#N)ccn1. The third-order valence-corrected chi connectivity index (χ3v) is 4.99. The van der Waals surface area contributed by atoms with E-state index in [1.807, 2.05) is 26.0 Å². The molecule has 0 aliphatic rings. The average molecular weight is 478 g/mol. The molecular weight excluding hydrogens is 458 g/mol. The summed E-state index contributed by atoms with van der Waals surface area (Å²) in [7, 11) is 0. The van der Waals surface area contributed by atoms with E-state index in [4.69, 9.17) is 26.3 Å². The lowest BCUT2D eigenvalue weighted by atomic mass is 10.2. The largest absolute Gasteiger partial charge is 0.461 e. The number of ether oxygens (including phenoxy) is 2. The van der Waals surface area contributed by atoms with Crippen molar-refractivity contribution in [1.82, 2.24) is 25.1 Å². The van der Waals surface area contributed by atoms with Crippen molar-refractivity contribution in [2.75, 3.05) is 11.9 Å². The highest BCUT2D eigenvalue weighted by atomic mass is 35.5. The van der Waals surface area contributed by atoms with E-state index in [0.717, 1.165) is 0 Å². The van der Waals surface area contributed by atoms with Crippen LogP contribution in [0.5, 0.6) is 5.88 Å². The number of amides is 1. The van der Waals surface area contributed by atoms with Crippen LogP contribution in [0, 0.1) is 11.3 Å². The van der Waals surface area contributed by atoms with Gasteiger partial charge in [0.2, 0.25) is 12.0 Å². The highest BCUT2D eigenvalue weighted by Crippen LogP contribution is 2.30. The Kier molecular flexibility index (Phi) is 6.96. The van der Waals surface area contributed by atoms with E-state index < -0.39 is 12.0 Å². The summed E-state index contributed by atoms with van der Waals surface area (Å²) in [5.74, 6) is 0.150. The Bertz CT molecular complexity index is 1370. The first-order chi connectivity index (χ1) is 16.4. The van der Waals surface area contributed by atoms with Gasteiger partial charge in [-0.1, -0.05) is 23.7 Å².